The van der Waals surface area contributed by atoms with E-state index in [1.54, 1.807) is 7.11 Å². The van der Waals surface area contributed by atoms with E-state index in [2.05, 4.69) is 35.0 Å². The third-order valence-corrected chi connectivity index (χ3v) is 3.69. The van der Waals surface area contributed by atoms with Gasteiger partial charge in [-0.2, -0.15) is 0 Å². The summed E-state index contributed by atoms with van der Waals surface area (Å²) in [6, 6.07) is 8.12. The molecule has 0 spiro atoms. The normalized spacial score (nSPS) is 14.1. The molecule has 1 aromatic rings. The zero-order valence-electron chi connectivity index (χ0n) is 12.9. The van der Waals surface area contributed by atoms with Crippen LogP contribution < -0.4 is 5.73 Å². The van der Waals surface area contributed by atoms with Crippen molar-refractivity contribution in [3.8, 4) is 0 Å². The molecule has 0 aliphatic heterocycles. The molecule has 2 atom stereocenters. The predicted molar refractivity (Wildman–Crippen MR) is 88.4 cm³/mol. The lowest BCUT2D eigenvalue weighted by atomic mass is 10.0. The second-order valence-electron chi connectivity index (χ2n) is 4.88. The summed E-state index contributed by atoms with van der Waals surface area (Å²) in [5.41, 5.74) is 7.30. The number of rotatable bonds is 11. The molecule has 1 aromatic carbocycles. The lowest BCUT2D eigenvalue weighted by Gasteiger charge is -2.24. The second kappa shape index (κ2) is 11.2. The average molecular weight is 360 g/mol. The van der Waals surface area contributed by atoms with Crippen molar-refractivity contribution >= 4 is 15.9 Å². The maximum absolute atomic E-state index is 6.19. The van der Waals surface area contributed by atoms with Crippen molar-refractivity contribution in [2.45, 2.75) is 31.9 Å². The Balaban J connectivity index is 2.41. The lowest BCUT2D eigenvalue weighted by Crippen LogP contribution is -2.30. The molecule has 21 heavy (non-hydrogen) atoms. The van der Waals surface area contributed by atoms with Gasteiger partial charge in [0.05, 0.1) is 19.3 Å². The Labute approximate surface area is 136 Å². The number of methoxy groups -OCH3 is 1. The van der Waals surface area contributed by atoms with Crippen molar-refractivity contribution in [1.29, 1.82) is 0 Å². The number of hydrogen-bond donors (Lipinski definition) is 1. The van der Waals surface area contributed by atoms with Gasteiger partial charge in [-0.25, -0.2) is 0 Å². The Kier molecular flexibility index (Phi) is 9.87. The summed E-state index contributed by atoms with van der Waals surface area (Å²) >= 11 is 3.49. The summed E-state index contributed by atoms with van der Waals surface area (Å²) in [5.74, 6) is 0. The molecule has 1 rings (SSSR count). The van der Waals surface area contributed by atoms with E-state index in [0.29, 0.717) is 26.4 Å². The molecule has 0 saturated carbocycles. The predicted octanol–water partition coefficient (Wildman–Crippen LogP) is 3.30. The third kappa shape index (κ3) is 7.38. The molecule has 120 valence electrons. The Hall–Kier alpha value is -0.460. The van der Waals surface area contributed by atoms with Crippen molar-refractivity contribution in [3.63, 3.8) is 0 Å². The SMILES string of the molecule is CCC(N)C(OCCCOCCOC)c1cccc(Br)c1. The molecule has 2 unspecified atom stereocenters. The summed E-state index contributed by atoms with van der Waals surface area (Å²) in [5, 5.41) is 0. The van der Waals surface area contributed by atoms with Crippen LogP contribution in [0.2, 0.25) is 0 Å². The third-order valence-electron chi connectivity index (χ3n) is 3.20. The second-order valence-corrected chi connectivity index (χ2v) is 5.79. The molecule has 4 nitrogen and oxygen atoms in total. The highest BCUT2D eigenvalue weighted by molar-refractivity contribution is 9.10. The highest BCUT2D eigenvalue weighted by atomic mass is 79.9. The van der Waals surface area contributed by atoms with Crippen LogP contribution in [0.25, 0.3) is 0 Å². The fourth-order valence-corrected chi connectivity index (χ4v) is 2.40. The van der Waals surface area contributed by atoms with Crippen LogP contribution >= 0.6 is 15.9 Å². The monoisotopic (exact) mass is 359 g/mol. The van der Waals surface area contributed by atoms with Gasteiger partial charge < -0.3 is 19.9 Å². The average Bonchev–Trinajstić information content (AvgIpc) is 2.49. The maximum Gasteiger partial charge on any atom is 0.0975 e. The zero-order valence-corrected chi connectivity index (χ0v) is 14.5. The fraction of sp³-hybridized carbons (Fsp3) is 0.625. The molecule has 0 bridgehead atoms. The minimum absolute atomic E-state index is 0.00582. The number of hydrogen-bond acceptors (Lipinski definition) is 4. The topological polar surface area (TPSA) is 53.7 Å². The Morgan fingerprint density at radius 2 is 2.00 bits per heavy atom. The van der Waals surface area contributed by atoms with Crippen molar-refractivity contribution in [1.82, 2.24) is 0 Å². The fourth-order valence-electron chi connectivity index (χ4n) is 1.98. The molecule has 0 aliphatic rings. The van der Waals surface area contributed by atoms with Gasteiger partial charge >= 0.3 is 0 Å². The zero-order chi connectivity index (χ0) is 15.5. The van der Waals surface area contributed by atoms with E-state index < -0.39 is 0 Å². The molecule has 0 heterocycles. The van der Waals surface area contributed by atoms with E-state index >= 15 is 0 Å². The molecular weight excluding hydrogens is 334 g/mol. The first-order valence-corrected chi connectivity index (χ1v) is 8.17. The summed E-state index contributed by atoms with van der Waals surface area (Å²) in [4.78, 5) is 0. The van der Waals surface area contributed by atoms with Crippen LogP contribution in [-0.4, -0.2) is 39.6 Å². The molecule has 2 N–H and O–H groups in total. The Morgan fingerprint density at radius 3 is 2.67 bits per heavy atom. The van der Waals surface area contributed by atoms with Crippen molar-refractivity contribution in [2.24, 2.45) is 5.73 Å². The van der Waals surface area contributed by atoms with Gasteiger partial charge in [-0.3, -0.25) is 0 Å². The quantitative estimate of drug-likeness (QED) is 0.616. The molecular formula is C16H26BrNO3. The van der Waals surface area contributed by atoms with Crippen LogP contribution in [0.5, 0.6) is 0 Å². The van der Waals surface area contributed by atoms with Gasteiger partial charge in [0, 0.05) is 30.8 Å². The maximum atomic E-state index is 6.19. The number of benzene rings is 1. The van der Waals surface area contributed by atoms with Crippen LogP contribution in [0.4, 0.5) is 0 Å². The van der Waals surface area contributed by atoms with Crippen molar-refractivity contribution in [3.05, 3.63) is 34.3 Å². The molecule has 0 aromatic heterocycles. The molecule has 0 radical (unpaired) electrons. The lowest BCUT2D eigenvalue weighted by molar-refractivity contribution is 0.0112. The molecule has 0 amide bonds. The van der Waals surface area contributed by atoms with E-state index in [-0.39, 0.29) is 12.1 Å². The highest BCUT2D eigenvalue weighted by Crippen LogP contribution is 2.25. The smallest absolute Gasteiger partial charge is 0.0975 e. The summed E-state index contributed by atoms with van der Waals surface area (Å²) in [6.07, 6.45) is 1.65. The molecule has 5 heteroatoms. The van der Waals surface area contributed by atoms with Gasteiger partial charge in [-0.15, -0.1) is 0 Å². The number of ether oxygens (including phenoxy) is 3. The van der Waals surface area contributed by atoms with Crippen LogP contribution in [0.15, 0.2) is 28.7 Å². The van der Waals surface area contributed by atoms with E-state index in [4.69, 9.17) is 19.9 Å². The van der Waals surface area contributed by atoms with Gasteiger partial charge in [-0.1, -0.05) is 35.0 Å². The highest BCUT2D eigenvalue weighted by Gasteiger charge is 2.19. The number of halogens is 1. The minimum atomic E-state index is -0.0773. The largest absolute Gasteiger partial charge is 0.382 e. The molecule has 0 aliphatic carbocycles. The van der Waals surface area contributed by atoms with Crippen molar-refractivity contribution < 1.29 is 14.2 Å². The van der Waals surface area contributed by atoms with E-state index in [1.165, 1.54) is 0 Å². The van der Waals surface area contributed by atoms with E-state index in [9.17, 15) is 0 Å². The van der Waals surface area contributed by atoms with Crippen LogP contribution in [0, 0.1) is 0 Å². The number of nitrogens with two attached hydrogens (primary N) is 1. The van der Waals surface area contributed by atoms with Gasteiger partial charge in [0.15, 0.2) is 0 Å². The molecule has 0 fully saturated rings. The van der Waals surface area contributed by atoms with Gasteiger partial charge in [0.1, 0.15) is 0 Å². The van der Waals surface area contributed by atoms with E-state index in [1.807, 2.05) is 12.1 Å². The Bertz CT molecular complexity index is 390. The Morgan fingerprint density at radius 1 is 1.19 bits per heavy atom. The van der Waals surface area contributed by atoms with Gasteiger partial charge in [0.2, 0.25) is 0 Å². The van der Waals surface area contributed by atoms with Crippen molar-refractivity contribution in [2.75, 3.05) is 33.5 Å². The van der Waals surface area contributed by atoms with Crippen LogP contribution in [-0.2, 0) is 14.2 Å². The summed E-state index contributed by atoms with van der Waals surface area (Å²) in [6.45, 7) is 4.64. The minimum Gasteiger partial charge on any atom is -0.382 e. The summed E-state index contributed by atoms with van der Waals surface area (Å²) < 4.78 is 17.4. The standard InChI is InChI=1S/C16H26BrNO3/c1-3-15(18)16(13-6-4-7-14(17)12-13)21-9-5-8-20-11-10-19-2/h4,6-7,12,15-16H,3,5,8-11,18H2,1-2H3. The van der Waals surface area contributed by atoms with Gasteiger partial charge in [-0.05, 0) is 30.5 Å². The van der Waals surface area contributed by atoms with E-state index in [0.717, 1.165) is 22.9 Å². The van der Waals surface area contributed by atoms with Crippen LogP contribution in [0.1, 0.15) is 31.4 Å². The first-order valence-electron chi connectivity index (χ1n) is 7.38. The first-order chi connectivity index (χ1) is 10.2. The van der Waals surface area contributed by atoms with Crippen LogP contribution in [0.3, 0.4) is 0 Å². The van der Waals surface area contributed by atoms with Gasteiger partial charge in [0.25, 0.3) is 0 Å². The summed E-state index contributed by atoms with van der Waals surface area (Å²) in [7, 11) is 1.67. The first kappa shape index (κ1) is 18.6. The molecule has 0 saturated heterocycles.